The third-order valence-electron chi connectivity index (χ3n) is 2.43. The summed E-state index contributed by atoms with van der Waals surface area (Å²) < 4.78 is 5.11. The number of hydrogen-bond acceptors (Lipinski definition) is 1. The van der Waals surface area contributed by atoms with E-state index in [1.165, 1.54) is 0 Å². The van der Waals surface area contributed by atoms with Gasteiger partial charge in [0, 0.05) is 5.02 Å². The molecule has 2 aromatic carbocycles. The minimum absolute atomic E-state index is 0.752. The molecule has 2 rings (SSSR count). The molecular weight excluding hydrogens is 232 g/mol. The second kappa shape index (κ2) is 5.55. The molecule has 0 radical (unpaired) electrons. The van der Waals surface area contributed by atoms with Gasteiger partial charge >= 0.3 is 0 Å². The van der Waals surface area contributed by atoms with Crippen LogP contribution >= 0.6 is 11.6 Å². The van der Waals surface area contributed by atoms with Crippen molar-refractivity contribution in [1.29, 1.82) is 0 Å². The fraction of sp³-hybridized carbons (Fsp3) is 0.0667. The summed E-state index contributed by atoms with van der Waals surface area (Å²) in [4.78, 5) is 0. The molecule has 0 spiro atoms. The Morgan fingerprint density at radius 1 is 0.941 bits per heavy atom. The van der Waals surface area contributed by atoms with Crippen molar-refractivity contribution in [2.75, 3.05) is 7.11 Å². The van der Waals surface area contributed by atoms with E-state index in [9.17, 15) is 0 Å². The van der Waals surface area contributed by atoms with E-state index in [2.05, 4.69) is 0 Å². The molecule has 0 saturated carbocycles. The predicted octanol–water partition coefficient (Wildman–Crippen LogP) is 4.52. The summed E-state index contributed by atoms with van der Waals surface area (Å²) in [6.45, 7) is 0. The van der Waals surface area contributed by atoms with Crippen LogP contribution in [0.25, 0.3) is 12.2 Å². The van der Waals surface area contributed by atoms with Crippen molar-refractivity contribution < 1.29 is 4.74 Å². The molecule has 17 heavy (non-hydrogen) atoms. The minimum atomic E-state index is 0.752. The van der Waals surface area contributed by atoms with E-state index in [0.29, 0.717) is 0 Å². The Hall–Kier alpha value is -1.73. The van der Waals surface area contributed by atoms with Crippen molar-refractivity contribution in [2.24, 2.45) is 0 Å². The van der Waals surface area contributed by atoms with E-state index in [1.54, 1.807) is 7.11 Å². The van der Waals surface area contributed by atoms with Gasteiger partial charge in [-0.15, -0.1) is 0 Å². The summed E-state index contributed by atoms with van der Waals surface area (Å²) in [6, 6.07) is 15.7. The Morgan fingerprint density at radius 3 is 2.29 bits per heavy atom. The van der Waals surface area contributed by atoms with Crippen LogP contribution in [0.4, 0.5) is 0 Å². The van der Waals surface area contributed by atoms with Crippen LogP contribution in [-0.2, 0) is 0 Å². The molecule has 0 bridgehead atoms. The number of rotatable bonds is 3. The van der Waals surface area contributed by atoms with Gasteiger partial charge in [-0.25, -0.2) is 0 Å². The van der Waals surface area contributed by atoms with Crippen LogP contribution in [0.15, 0.2) is 48.5 Å². The fourth-order valence-electron chi connectivity index (χ4n) is 1.52. The van der Waals surface area contributed by atoms with Crippen LogP contribution < -0.4 is 4.74 Å². The predicted molar refractivity (Wildman–Crippen MR) is 73.4 cm³/mol. The minimum Gasteiger partial charge on any atom is -0.497 e. The SMILES string of the molecule is COc1ccc(C=Cc2cccc(Cl)c2)cc1. The van der Waals surface area contributed by atoms with Gasteiger partial charge in [0.2, 0.25) is 0 Å². The van der Waals surface area contributed by atoms with Crippen molar-refractivity contribution in [3.8, 4) is 5.75 Å². The van der Waals surface area contributed by atoms with E-state index in [1.807, 2.05) is 60.7 Å². The van der Waals surface area contributed by atoms with E-state index in [0.717, 1.165) is 21.9 Å². The monoisotopic (exact) mass is 244 g/mol. The molecular formula is C15H13ClO. The number of ether oxygens (including phenoxy) is 1. The zero-order valence-corrected chi connectivity index (χ0v) is 10.3. The highest BCUT2D eigenvalue weighted by Crippen LogP contribution is 2.15. The number of hydrogen-bond donors (Lipinski definition) is 0. The molecule has 0 aliphatic rings. The van der Waals surface area contributed by atoms with E-state index in [-0.39, 0.29) is 0 Å². The first-order valence-corrected chi connectivity index (χ1v) is 5.73. The Balaban J connectivity index is 2.14. The van der Waals surface area contributed by atoms with Crippen LogP contribution in [0, 0.1) is 0 Å². The average Bonchev–Trinajstić information content (AvgIpc) is 2.37. The van der Waals surface area contributed by atoms with Gasteiger partial charge in [0.15, 0.2) is 0 Å². The highest BCUT2D eigenvalue weighted by Gasteiger charge is 1.91. The smallest absolute Gasteiger partial charge is 0.118 e. The Kier molecular flexibility index (Phi) is 3.84. The lowest BCUT2D eigenvalue weighted by atomic mass is 10.1. The van der Waals surface area contributed by atoms with Crippen molar-refractivity contribution in [2.45, 2.75) is 0 Å². The van der Waals surface area contributed by atoms with Crippen molar-refractivity contribution in [3.05, 3.63) is 64.7 Å². The maximum Gasteiger partial charge on any atom is 0.118 e. The van der Waals surface area contributed by atoms with E-state index in [4.69, 9.17) is 16.3 Å². The Labute approximate surface area is 106 Å². The van der Waals surface area contributed by atoms with Crippen LogP contribution in [0.2, 0.25) is 5.02 Å². The van der Waals surface area contributed by atoms with Crippen LogP contribution in [-0.4, -0.2) is 7.11 Å². The number of benzene rings is 2. The van der Waals surface area contributed by atoms with Gasteiger partial charge in [-0.1, -0.05) is 48.0 Å². The molecule has 2 heteroatoms. The highest BCUT2D eigenvalue weighted by molar-refractivity contribution is 6.30. The molecule has 0 atom stereocenters. The Morgan fingerprint density at radius 2 is 1.65 bits per heavy atom. The lowest BCUT2D eigenvalue weighted by Gasteiger charge is -1.99. The third kappa shape index (κ3) is 3.36. The van der Waals surface area contributed by atoms with Gasteiger partial charge in [0.25, 0.3) is 0 Å². The molecule has 2 aromatic rings. The molecule has 0 aliphatic heterocycles. The summed E-state index contributed by atoms with van der Waals surface area (Å²) in [5, 5.41) is 0.752. The molecule has 0 saturated heterocycles. The summed E-state index contributed by atoms with van der Waals surface area (Å²) in [5.74, 6) is 0.866. The second-order valence-corrected chi connectivity index (χ2v) is 4.10. The van der Waals surface area contributed by atoms with Crippen LogP contribution in [0.3, 0.4) is 0 Å². The largest absolute Gasteiger partial charge is 0.497 e. The summed E-state index contributed by atoms with van der Waals surface area (Å²) in [5.41, 5.74) is 2.22. The zero-order valence-electron chi connectivity index (χ0n) is 9.56. The molecule has 0 N–H and O–H groups in total. The van der Waals surface area contributed by atoms with Crippen molar-refractivity contribution >= 4 is 23.8 Å². The molecule has 0 heterocycles. The average molecular weight is 245 g/mol. The van der Waals surface area contributed by atoms with Gasteiger partial charge < -0.3 is 4.74 Å². The van der Waals surface area contributed by atoms with Gasteiger partial charge in [-0.05, 0) is 35.4 Å². The molecule has 0 amide bonds. The topological polar surface area (TPSA) is 9.23 Å². The summed E-state index contributed by atoms with van der Waals surface area (Å²) in [7, 11) is 1.66. The normalized spacial score (nSPS) is 10.7. The first kappa shape index (κ1) is 11.7. The standard InChI is InChI=1S/C15H13ClO/c1-17-15-9-7-12(8-10-15)5-6-13-3-2-4-14(16)11-13/h2-11H,1H3. The molecule has 0 aliphatic carbocycles. The van der Waals surface area contributed by atoms with E-state index < -0.39 is 0 Å². The van der Waals surface area contributed by atoms with Gasteiger partial charge in [0.1, 0.15) is 5.75 Å². The van der Waals surface area contributed by atoms with E-state index >= 15 is 0 Å². The van der Waals surface area contributed by atoms with Crippen molar-refractivity contribution in [1.82, 2.24) is 0 Å². The highest BCUT2D eigenvalue weighted by atomic mass is 35.5. The quantitative estimate of drug-likeness (QED) is 0.722. The lowest BCUT2D eigenvalue weighted by molar-refractivity contribution is 0.415. The lowest BCUT2D eigenvalue weighted by Crippen LogP contribution is -1.81. The fourth-order valence-corrected chi connectivity index (χ4v) is 1.72. The zero-order chi connectivity index (χ0) is 12.1. The number of methoxy groups -OCH3 is 1. The van der Waals surface area contributed by atoms with Gasteiger partial charge in [-0.3, -0.25) is 0 Å². The molecule has 0 unspecified atom stereocenters. The Bertz CT molecular complexity index is 515. The first-order chi connectivity index (χ1) is 8.28. The van der Waals surface area contributed by atoms with Crippen LogP contribution in [0.5, 0.6) is 5.75 Å². The third-order valence-corrected chi connectivity index (χ3v) is 2.67. The van der Waals surface area contributed by atoms with Gasteiger partial charge in [-0.2, -0.15) is 0 Å². The summed E-state index contributed by atoms with van der Waals surface area (Å²) >= 11 is 5.92. The number of halogens is 1. The second-order valence-electron chi connectivity index (χ2n) is 3.66. The molecule has 1 nitrogen and oxygen atoms in total. The maximum absolute atomic E-state index is 5.92. The molecule has 86 valence electrons. The van der Waals surface area contributed by atoms with Crippen LogP contribution in [0.1, 0.15) is 11.1 Å². The molecule has 0 aromatic heterocycles. The van der Waals surface area contributed by atoms with Gasteiger partial charge in [0.05, 0.1) is 7.11 Å². The van der Waals surface area contributed by atoms with Crippen molar-refractivity contribution in [3.63, 3.8) is 0 Å². The molecule has 0 fully saturated rings. The summed E-state index contributed by atoms with van der Waals surface area (Å²) in [6.07, 6.45) is 4.08. The maximum atomic E-state index is 5.92. The first-order valence-electron chi connectivity index (χ1n) is 5.35.